The maximum atomic E-state index is 14.8. The van der Waals surface area contributed by atoms with Crippen molar-refractivity contribution in [2.75, 3.05) is 6.61 Å². The second-order valence-corrected chi connectivity index (χ2v) is 13.5. The molecule has 0 aromatic carbocycles. The van der Waals surface area contributed by atoms with Crippen molar-refractivity contribution in [3.8, 4) is 0 Å². The molecule has 7 nitrogen and oxygen atoms in total. The van der Waals surface area contributed by atoms with Crippen LogP contribution in [0.4, 0.5) is 0 Å². The Hall–Kier alpha value is -1.77. The minimum atomic E-state index is -1.76. The van der Waals surface area contributed by atoms with Crippen LogP contribution in [0, 0.1) is 41.4 Å². The van der Waals surface area contributed by atoms with Gasteiger partial charge in [-0.2, -0.15) is 0 Å². The van der Waals surface area contributed by atoms with Crippen LogP contribution in [0.1, 0.15) is 80.0 Å². The van der Waals surface area contributed by atoms with E-state index in [1.807, 2.05) is 59.8 Å². The number of carbonyl (C=O) groups excluding carboxylic acids is 1. The summed E-state index contributed by atoms with van der Waals surface area (Å²) in [7, 11) is 0. The standard InChI is InChI=1S/C30H41NO6.C2H6/c1-15-9-10-31-22(15)28(8,33)37-24-16(2)13-29-17(3)11-20-21(26(20,4)5)19(23(29)32)12-18-14-35-27(6,7)36-25(18)30(24,29)34;1-2/h9-10,12-13,17,19-21,24-25,31,33-34H,11,14H2,1-8H3;1-2H3/t17-,19?,20-,21+,24?,25?,28?,29?,30?;/m1./s1. The number of hydrogen-bond acceptors (Lipinski definition) is 6. The molecule has 2 saturated carbocycles. The second kappa shape index (κ2) is 8.86. The summed E-state index contributed by atoms with van der Waals surface area (Å²) in [4.78, 5) is 17.9. The summed E-state index contributed by atoms with van der Waals surface area (Å²) in [5.74, 6) is -2.53. The topological polar surface area (TPSA) is 101 Å². The van der Waals surface area contributed by atoms with E-state index in [1.165, 1.54) is 0 Å². The maximum Gasteiger partial charge on any atom is 0.205 e. The maximum absolute atomic E-state index is 14.8. The molecule has 5 aliphatic rings. The number of hydrogen-bond donors (Lipinski definition) is 3. The third-order valence-corrected chi connectivity index (χ3v) is 10.4. The normalized spacial score (nSPS) is 42.7. The third-order valence-electron chi connectivity index (χ3n) is 10.4. The molecule has 6 rings (SSSR count). The number of aromatic nitrogens is 1. The Bertz CT molecular complexity index is 1220. The van der Waals surface area contributed by atoms with Crippen LogP contribution in [-0.2, 0) is 24.8 Å². The van der Waals surface area contributed by atoms with Gasteiger partial charge in [0.05, 0.1) is 17.7 Å². The predicted octanol–water partition coefficient (Wildman–Crippen LogP) is 5.17. The van der Waals surface area contributed by atoms with Gasteiger partial charge in [0.15, 0.2) is 11.6 Å². The Morgan fingerprint density at radius 1 is 1.18 bits per heavy atom. The number of rotatable bonds is 3. The van der Waals surface area contributed by atoms with Crippen LogP contribution in [0.25, 0.3) is 0 Å². The zero-order valence-electron chi connectivity index (χ0n) is 25.2. The number of Topliss-reactive ketones (excluding diaryl/α,β-unsaturated/α-hetero) is 1. The summed E-state index contributed by atoms with van der Waals surface area (Å²) in [5.41, 5.74) is -0.0440. The van der Waals surface area contributed by atoms with E-state index in [1.54, 1.807) is 13.1 Å². The minimum absolute atomic E-state index is 0.0324. The highest BCUT2D eigenvalue weighted by atomic mass is 16.7. The zero-order valence-corrected chi connectivity index (χ0v) is 25.2. The van der Waals surface area contributed by atoms with Gasteiger partial charge in [-0.1, -0.05) is 46.8 Å². The minimum Gasteiger partial charge on any atom is -0.382 e. The lowest BCUT2D eigenvalue weighted by atomic mass is 9.58. The molecule has 6 unspecified atom stereocenters. The number of aliphatic hydroxyl groups is 2. The summed E-state index contributed by atoms with van der Waals surface area (Å²) >= 11 is 0. The van der Waals surface area contributed by atoms with Crippen molar-refractivity contribution in [1.82, 2.24) is 4.98 Å². The van der Waals surface area contributed by atoms with Gasteiger partial charge in [-0.05, 0) is 87.0 Å². The molecule has 0 amide bonds. The number of aromatic amines is 1. The first-order valence-electron chi connectivity index (χ1n) is 14.6. The molecule has 39 heavy (non-hydrogen) atoms. The van der Waals surface area contributed by atoms with Crippen LogP contribution in [0.2, 0.25) is 0 Å². The first-order valence-corrected chi connectivity index (χ1v) is 14.6. The van der Waals surface area contributed by atoms with Crippen molar-refractivity contribution in [3.63, 3.8) is 0 Å². The number of ether oxygens (including phenoxy) is 3. The Morgan fingerprint density at radius 3 is 2.46 bits per heavy atom. The van der Waals surface area contributed by atoms with Gasteiger partial charge in [-0.25, -0.2) is 0 Å². The SMILES string of the molecule is CC.CC1=CC23C(=O)C(C=C4COC(C)(C)OC4C2(O)C1OC(C)(O)c1[nH]ccc1C)[C@H]1[C@@H](C[C@H]3C)C1(C)C. The number of carbonyl (C=O) groups is 1. The van der Waals surface area contributed by atoms with E-state index >= 15 is 0 Å². The van der Waals surface area contributed by atoms with Crippen LogP contribution < -0.4 is 0 Å². The molecule has 1 aromatic rings. The first kappa shape index (κ1) is 28.7. The van der Waals surface area contributed by atoms with Gasteiger partial charge in [-0.15, -0.1) is 0 Å². The molecule has 7 heteroatoms. The molecule has 2 bridgehead atoms. The van der Waals surface area contributed by atoms with E-state index in [-0.39, 0.29) is 35.6 Å². The van der Waals surface area contributed by atoms with Gasteiger partial charge >= 0.3 is 0 Å². The molecule has 1 saturated heterocycles. The van der Waals surface area contributed by atoms with Crippen molar-refractivity contribution < 1.29 is 29.2 Å². The highest BCUT2D eigenvalue weighted by molar-refractivity contribution is 5.95. The van der Waals surface area contributed by atoms with Gasteiger partial charge in [0, 0.05) is 12.1 Å². The predicted molar refractivity (Wildman–Crippen MR) is 148 cm³/mol. The molecule has 1 spiro atoms. The summed E-state index contributed by atoms with van der Waals surface area (Å²) < 4.78 is 19.1. The van der Waals surface area contributed by atoms with E-state index < -0.39 is 34.8 Å². The fraction of sp³-hybridized carbons (Fsp3) is 0.719. The van der Waals surface area contributed by atoms with Crippen LogP contribution >= 0.6 is 0 Å². The molecule has 4 aliphatic carbocycles. The van der Waals surface area contributed by atoms with Crippen molar-refractivity contribution >= 4 is 5.78 Å². The Labute approximate surface area is 233 Å². The fourth-order valence-electron chi connectivity index (χ4n) is 8.54. The molecule has 3 fully saturated rings. The molecule has 9 atom stereocenters. The largest absolute Gasteiger partial charge is 0.382 e. The molecule has 2 heterocycles. The second-order valence-electron chi connectivity index (χ2n) is 13.5. The average molecular weight is 542 g/mol. The van der Waals surface area contributed by atoms with Gasteiger partial charge in [0.2, 0.25) is 5.79 Å². The number of ketones is 1. The van der Waals surface area contributed by atoms with Gasteiger partial charge in [0.1, 0.15) is 17.8 Å². The number of aryl methyl sites for hydroxylation is 1. The van der Waals surface area contributed by atoms with Crippen molar-refractivity contribution in [1.29, 1.82) is 0 Å². The van der Waals surface area contributed by atoms with Gasteiger partial charge in [0.25, 0.3) is 0 Å². The lowest BCUT2D eigenvalue weighted by Crippen LogP contribution is -2.68. The Kier molecular flexibility index (Phi) is 6.53. The van der Waals surface area contributed by atoms with Crippen molar-refractivity contribution in [2.45, 2.75) is 105 Å². The molecular formula is C32H47NO6. The molecule has 1 aromatic heterocycles. The number of fused-ring (bicyclic) bond motifs is 5. The molecule has 216 valence electrons. The lowest BCUT2D eigenvalue weighted by molar-refractivity contribution is -0.325. The van der Waals surface area contributed by atoms with E-state index in [4.69, 9.17) is 14.2 Å². The molecule has 1 aliphatic heterocycles. The van der Waals surface area contributed by atoms with Crippen molar-refractivity contribution in [2.24, 2.45) is 34.5 Å². The summed E-state index contributed by atoms with van der Waals surface area (Å²) in [6.45, 7) is 19.9. The summed E-state index contributed by atoms with van der Waals surface area (Å²) in [6.07, 6.45) is 4.78. The quantitative estimate of drug-likeness (QED) is 0.361. The van der Waals surface area contributed by atoms with Crippen LogP contribution in [-0.4, -0.2) is 51.2 Å². The fourth-order valence-corrected chi connectivity index (χ4v) is 8.54. The van der Waals surface area contributed by atoms with E-state index in [9.17, 15) is 15.0 Å². The smallest absolute Gasteiger partial charge is 0.205 e. The summed E-state index contributed by atoms with van der Waals surface area (Å²) in [5, 5.41) is 24.7. The third kappa shape index (κ3) is 3.76. The van der Waals surface area contributed by atoms with Crippen LogP contribution in [0.5, 0.6) is 0 Å². The first-order chi connectivity index (χ1) is 18.1. The Morgan fingerprint density at radius 2 is 1.85 bits per heavy atom. The molecule has 0 radical (unpaired) electrons. The van der Waals surface area contributed by atoms with Gasteiger partial charge < -0.3 is 29.4 Å². The summed E-state index contributed by atoms with van der Waals surface area (Å²) in [6, 6.07) is 1.87. The highest BCUT2D eigenvalue weighted by Gasteiger charge is 2.77. The monoisotopic (exact) mass is 541 g/mol. The number of allylic oxidation sites excluding steroid dienone is 1. The lowest BCUT2D eigenvalue weighted by Gasteiger charge is -2.53. The Balaban J connectivity index is 0.00000151. The van der Waals surface area contributed by atoms with E-state index in [0.29, 0.717) is 11.6 Å². The molecular weight excluding hydrogens is 494 g/mol. The van der Waals surface area contributed by atoms with Crippen LogP contribution in [0.3, 0.4) is 0 Å². The highest BCUT2D eigenvalue weighted by Crippen LogP contribution is 2.72. The average Bonchev–Trinajstić information content (AvgIpc) is 3.12. The van der Waals surface area contributed by atoms with E-state index in [0.717, 1.165) is 23.1 Å². The zero-order chi connectivity index (χ0) is 28.9. The number of H-pyrrole nitrogens is 1. The number of nitrogens with one attached hydrogen (secondary N) is 1. The van der Waals surface area contributed by atoms with Crippen LogP contribution in [0.15, 0.2) is 35.6 Å². The van der Waals surface area contributed by atoms with E-state index in [2.05, 4.69) is 25.8 Å². The van der Waals surface area contributed by atoms with Gasteiger partial charge in [-0.3, -0.25) is 4.79 Å². The molecule has 3 N–H and O–H groups in total. The van der Waals surface area contributed by atoms with Crippen molar-refractivity contribution in [3.05, 3.63) is 46.8 Å².